The van der Waals surface area contributed by atoms with Crippen LogP contribution < -0.4 is 27.6 Å². The fourth-order valence-corrected chi connectivity index (χ4v) is 13.3. The van der Waals surface area contributed by atoms with Gasteiger partial charge in [-0.15, -0.1) is 23.2 Å². The maximum Gasteiger partial charge on any atom is 0.496 e. The van der Waals surface area contributed by atoms with Gasteiger partial charge in [0.1, 0.15) is 62.5 Å². The SMILES string of the molecule is CC(C)(C)N.CC1(C)OB(B2OC(C)(C)C(C)(C)O2)OC1(C)C.COC(=O)c1cc(B2OC(C)(C)C(C)(C)O2)c(C)n2ccnc12.COC(=O)c1cc(Br)c(C)n2ccnc12.COC(=O)c1cc(Br)c(C)nc1N.COC(=O)c1cc(Br)c(C)nc1NC(C)(C)C.COC(=O)c1ccc(C)nc1Cl.COC(=O)c1ccc(C)nc1NC(C)(C)C.Cn1cc(-c2ccc(CCl)c(F)c2)cn1.O=CCCl. The molecule has 0 atom stereocenters. The van der Waals surface area contributed by atoms with E-state index in [-0.39, 0.29) is 85.1 Å². The molecule has 3 aliphatic heterocycles. The molecule has 752 valence electrons. The van der Waals surface area contributed by atoms with Crippen LogP contribution >= 0.6 is 82.6 Å². The van der Waals surface area contributed by atoms with Crippen LogP contribution in [0.5, 0.6) is 0 Å². The molecule has 12 heterocycles. The van der Waals surface area contributed by atoms with Gasteiger partial charge in [-0.2, -0.15) is 5.10 Å². The van der Waals surface area contributed by atoms with Crippen molar-refractivity contribution in [2.45, 2.75) is 243 Å². The van der Waals surface area contributed by atoms with Gasteiger partial charge in [0.25, 0.3) is 0 Å². The number of methoxy groups -OCH3 is 6. The number of halogens is 7. The van der Waals surface area contributed by atoms with Crippen molar-refractivity contribution in [1.29, 1.82) is 0 Å². The fraction of sp³-hybridized carbons (Fsp3) is 0.474. The van der Waals surface area contributed by atoms with Crippen molar-refractivity contribution < 1.29 is 94.3 Å². The first kappa shape index (κ1) is 121. The molecule has 0 unspecified atom stereocenters. The second-order valence-electron chi connectivity index (χ2n) is 37.5. The number of fused-ring (bicyclic) bond motifs is 2. The van der Waals surface area contributed by atoms with E-state index in [9.17, 15) is 33.2 Å². The van der Waals surface area contributed by atoms with Crippen LogP contribution in [0.25, 0.3) is 22.4 Å². The van der Waals surface area contributed by atoms with Crippen LogP contribution in [-0.4, -0.2) is 210 Å². The molecule has 0 aliphatic carbocycles. The Labute approximate surface area is 850 Å². The summed E-state index contributed by atoms with van der Waals surface area (Å²) in [5.41, 5.74) is 19.9. The van der Waals surface area contributed by atoms with E-state index >= 15 is 0 Å². The lowest BCUT2D eigenvalue weighted by Gasteiger charge is -2.32. The van der Waals surface area contributed by atoms with Gasteiger partial charge in [0.05, 0.1) is 111 Å². The molecule has 9 aromatic heterocycles. The van der Waals surface area contributed by atoms with E-state index in [2.05, 4.69) is 103 Å². The number of aromatic nitrogens is 10. The highest BCUT2D eigenvalue weighted by Crippen LogP contribution is 2.44. The smallest absolute Gasteiger partial charge is 0.465 e. The van der Waals surface area contributed by atoms with Crippen molar-refractivity contribution in [3.05, 3.63) is 201 Å². The molecule has 33 nitrogen and oxygen atoms in total. The Bertz CT molecular complexity index is 5800. The van der Waals surface area contributed by atoms with Gasteiger partial charge in [0, 0.05) is 107 Å². The number of nitrogens with zero attached hydrogens (tertiary/aromatic N) is 10. The molecule has 6 N–H and O–H groups in total. The summed E-state index contributed by atoms with van der Waals surface area (Å²) in [6, 6.07) is 18.6. The van der Waals surface area contributed by atoms with Crippen LogP contribution in [0.1, 0.15) is 247 Å². The van der Waals surface area contributed by atoms with Gasteiger partial charge in [-0.1, -0.05) is 23.7 Å². The molecule has 0 bridgehead atoms. The molecule has 0 saturated carbocycles. The predicted molar refractivity (Wildman–Crippen MR) is 550 cm³/mol. The van der Waals surface area contributed by atoms with E-state index in [1.807, 2.05) is 214 Å². The van der Waals surface area contributed by atoms with Gasteiger partial charge in [-0.05, 0) is 295 Å². The Morgan fingerprint density at radius 1 is 0.493 bits per heavy atom. The van der Waals surface area contributed by atoms with E-state index in [1.165, 1.54) is 48.7 Å². The molecule has 0 amide bonds. The van der Waals surface area contributed by atoms with Crippen LogP contribution in [0.15, 0.2) is 117 Å². The lowest BCUT2D eigenvalue weighted by Crippen LogP contribution is -2.41. The van der Waals surface area contributed by atoms with Crippen LogP contribution in [0, 0.1) is 47.4 Å². The lowest BCUT2D eigenvalue weighted by molar-refractivity contribution is -0.105. The second kappa shape index (κ2) is 51.2. The second-order valence-corrected chi connectivity index (χ2v) is 41.0. The van der Waals surface area contributed by atoms with Crippen molar-refractivity contribution in [1.82, 2.24) is 48.5 Å². The predicted octanol–water partition coefficient (Wildman–Crippen LogP) is 19.2. The Balaban J connectivity index is 0.000000327. The van der Waals surface area contributed by atoms with E-state index < -0.39 is 56.2 Å². The van der Waals surface area contributed by atoms with E-state index in [1.54, 1.807) is 91.7 Å². The van der Waals surface area contributed by atoms with Crippen molar-refractivity contribution >= 4 is 180 Å². The topological polar surface area (TPSA) is 410 Å². The zero-order valence-corrected chi connectivity index (χ0v) is 92.1. The van der Waals surface area contributed by atoms with Crippen molar-refractivity contribution in [3.8, 4) is 11.1 Å². The van der Waals surface area contributed by atoms with E-state index in [4.69, 9.17) is 97.9 Å². The van der Waals surface area contributed by atoms with Crippen molar-refractivity contribution in [3.63, 3.8) is 0 Å². The zero-order valence-electron chi connectivity index (χ0n) is 85.1. The van der Waals surface area contributed by atoms with Crippen LogP contribution in [0.4, 0.5) is 21.8 Å². The number of hydrogen-bond donors (Lipinski definition) is 4. The quantitative estimate of drug-likeness (QED) is 0.0208. The maximum atomic E-state index is 13.4. The third-order valence-corrected chi connectivity index (χ3v) is 24.3. The molecule has 3 aliphatic rings. The van der Waals surface area contributed by atoms with Gasteiger partial charge in [0.2, 0.25) is 0 Å². The summed E-state index contributed by atoms with van der Waals surface area (Å²) in [5.74, 6) is -1.20. The molecule has 3 saturated heterocycles. The van der Waals surface area contributed by atoms with Crippen molar-refractivity contribution in [2.75, 3.05) is 64.9 Å². The summed E-state index contributed by atoms with van der Waals surface area (Å²) in [4.78, 5) is 103. The van der Waals surface area contributed by atoms with Crippen LogP contribution in [-0.2, 0) is 74.1 Å². The summed E-state index contributed by atoms with van der Waals surface area (Å²) >= 11 is 26.1. The number of nitrogens with two attached hydrogens (primary N) is 2. The Hall–Kier alpha value is -9.55. The van der Waals surface area contributed by atoms with Gasteiger partial charge in [0.15, 0.2) is 11.3 Å². The molecular weight excluding hydrogens is 2040 g/mol. The highest BCUT2D eigenvalue weighted by molar-refractivity contribution is 9.11. The van der Waals surface area contributed by atoms with Gasteiger partial charge in [-0.25, -0.2) is 63.1 Å². The average Bonchev–Trinajstić information content (AvgIpc) is 1.60. The first-order chi connectivity index (χ1) is 63.6. The number of imidazole rings is 2. The molecule has 10 aromatic rings. The lowest BCUT2D eigenvalue weighted by atomic mass is 9.49. The third kappa shape index (κ3) is 34.4. The average molecular weight is 2170 g/mol. The third-order valence-electron chi connectivity index (χ3n) is 21.2. The number of carbonyl (C=O) groups excluding carboxylic acids is 7. The van der Waals surface area contributed by atoms with Gasteiger partial charge < -0.3 is 92.0 Å². The van der Waals surface area contributed by atoms with Gasteiger partial charge in [-0.3, -0.25) is 4.68 Å². The number of benzene rings is 1. The van der Waals surface area contributed by atoms with Crippen molar-refractivity contribution in [2.24, 2.45) is 12.8 Å². The van der Waals surface area contributed by atoms with Crippen LogP contribution in [0.3, 0.4) is 0 Å². The van der Waals surface area contributed by atoms with E-state index in [0.29, 0.717) is 62.6 Å². The number of carbonyl (C=O) groups is 7. The minimum absolute atomic E-state index is 0. The normalized spacial score (nSPS) is 14.7. The number of esters is 6. The first-order valence-corrected chi connectivity index (χ1v) is 47.0. The maximum absolute atomic E-state index is 13.4. The number of nitrogen functional groups attached to an aromatic ring is 1. The molecule has 43 heteroatoms. The molecule has 1 aromatic carbocycles. The number of anilines is 3. The molecule has 0 radical (unpaired) electrons. The number of hydrogen-bond acceptors (Lipinski definition) is 30. The fourth-order valence-electron chi connectivity index (χ4n) is 11.8. The highest BCUT2D eigenvalue weighted by atomic mass is 79.9. The minimum Gasteiger partial charge on any atom is -0.465 e. The molecule has 3 fully saturated rings. The monoisotopic (exact) mass is 2160 g/mol. The number of ether oxygens (including phenoxy) is 6. The molecule has 138 heavy (non-hydrogen) atoms. The molecular formula is C95H130B3Br3Cl3FN14O19. The van der Waals surface area contributed by atoms with E-state index in [0.717, 1.165) is 64.2 Å². The largest absolute Gasteiger partial charge is 0.496 e. The minimum atomic E-state index is -0.546. The standard InChI is InChI=1S/C16H21BN2O4.C12H24B2O4.C12H17BrN2O2.C12H18N2O2.C11H10ClFN2.C10H9BrN2O2.C8H9BrN2O2.C8H8ClNO2.C4H11N.C2H3ClO/c1-10-12(17-22-15(2,3)16(4,5)23-17)9-11(14(20)21-6)13-18-7-8-19(10)13;1-9(2)10(3,4)16-13(15-9)14-17-11(5,6)12(7,8)18-14;1-7-9(13)6-8(11(16)17-5)10(14-7)15-12(2,3)4;1-8-6-7-9(11(15)16-5)10(13-8)14-12(2,3)4;1-15-7-10(6-14-15)8-2-3-9(5-12)11(13)4-8;1-6-8(11)5-7(10(14)15-2)9-12-3-4-13(6)9;1-4-6(9)3-5(7(10)11-4)8(12)13-2;1-5-3-4-6(7(9)10-5)8(11)12-2;1-4(2,3)5;3-1-2-4/h7-9H,1-6H3;1-8H3;6H,1-5H3,(H,14,15);6-7H,1-5H3,(H,13,14);2-4,6-7H,5H2,1H3;3-5H,1-2H3;3H,1-2H3,(H2,10,11);3-4H,1-2H3;5H2,1-3H3;2H,1H2. The van der Waals surface area contributed by atoms with Gasteiger partial charge >= 0.3 is 57.0 Å². The zero-order chi connectivity index (χ0) is 105. The number of pyridine rings is 6. The summed E-state index contributed by atoms with van der Waals surface area (Å²) in [7, 11) is 8.37. The number of aldehydes is 1. The number of alkyl halides is 2. The Morgan fingerprint density at radius 2 is 0.855 bits per heavy atom. The summed E-state index contributed by atoms with van der Waals surface area (Å²) in [5, 5.41) is 10.6. The number of nitrogens with one attached hydrogen (secondary N) is 2. The molecule has 0 spiro atoms. The highest BCUT2D eigenvalue weighted by Gasteiger charge is 2.64. The first-order valence-electron chi connectivity index (χ1n) is 43.2. The number of aryl methyl sites for hydroxylation is 7. The Kier molecular flexibility index (Phi) is 44.8. The van der Waals surface area contributed by atoms with Crippen LogP contribution in [0.2, 0.25) is 5.15 Å². The summed E-state index contributed by atoms with van der Waals surface area (Å²) in [6.45, 7) is 53.4. The summed E-state index contributed by atoms with van der Waals surface area (Å²) in [6.07, 6.45) is 11.1. The molecule has 13 rings (SSSR count). The Morgan fingerprint density at radius 3 is 1.25 bits per heavy atom. The summed E-state index contributed by atoms with van der Waals surface area (Å²) < 4.78 is 85.3. The number of rotatable bonds is 13.